The smallest absolute Gasteiger partial charge is 0.367 e. The van der Waals surface area contributed by atoms with Gasteiger partial charge in [0.1, 0.15) is 4.90 Å². The Morgan fingerprint density at radius 1 is 1.21 bits per heavy atom. The number of hydrogen-bond acceptors (Lipinski definition) is 7. The van der Waals surface area contributed by atoms with Crippen LogP contribution in [0.15, 0.2) is 62.6 Å². The summed E-state index contributed by atoms with van der Waals surface area (Å²) in [5, 5.41) is 3.63. The Bertz CT molecular complexity index is 1080. The van der Waals surface area contributed by atoms with Crippen molar-refractivity contribution >= 4 is 43.8 Å². The van der Waals surface area contributed by atoms with Crippen molar-refractivity contribution in [2.45, 2.75) is 18.7 Å². The highest BCUT2D eigenvalue weighted by Crippen LogP contribution is 2.39. The fraction of sp³-hybridized carbons (Fsp3) is 0.158. The summed E-state index contributed by atoms with van der Waals surface area (Å²) < 4.78 is 36.4. The van der Waals surface area contributed by atoms with E-state index in [4.69, 9.17) is 8.92 Å². The topological polar surface area (TPSA) is 91.3 Å². The van der Waals surface area contributed by atoms with E-state index in [1.807, 2.05) is 0 Å². The monoisotopic (exact) mass is 465 g/mol. The highest BCUT2D eigenvalue weighted by atomic mass is 79.9. The van der Waals surface area contributed by atoms with Crippen LogP contribution < -0.4 is 8.92 Å². The Morgan fingerprint density at radius 2 is 1.93 bits per heavy atom. The Morgan fingerprint density at radius 3 is 2.54 bits per heavy atom. The molecule has 1 aliphatic rings. The van der Waals surface area contributed by atoms with E-state index in [0.717, 1.165) is 0 Å². The van der Waals surface area contributed by atoms with Crippen LogP contribution in [0.4, 0.5) is 0 Å². The van der Waals surface area contributed by atoms with Gasteiger partial charge in [-0.1, -0.05) is 23.4 Å². The number of hydrogen-bond donors (Lipinski definition) is 0. The summed E-state index contributed by atoms with van der Waals surface area (Å²) in [6.45, 7) is 3.70. The molecule has 0 spiro atoms. The first-order chi connectivity index (χ1) is 13.3. The minimum Gasteiger partial charge on any atom is -0.490 e. The van der Waals surface area contributed by atoms with Crippen molar-refractivity contribution in [1.29, 1.82) is 0 Å². The van der Waals surface area contributed by atoms with Gasteiger partial charge < -0.3 is 13.8 Å². The molecule has 0 saturated carbocycles. The third kappa shape index (κ3) is 4.26. The first-order valence-electron chi connectivity index (χ1n) is 8.25. The van der Waals surface area contributed by atoms with Gasteiger partial charge in [0, 0.05) is 0 Å². The molecule has 9 heteroatoms. The number of rotatable bonds is 6. The first-order valence-corrected chi connectivity index (χ1v) is 10.5. The van der Waals surface area contributed by atoms with Crippen molar-refractivity contribution in [3.05, 3.63) is 58.1 Å². The zero-order chi connectivity index (χ0) is 20.3. The lowest BCUT2D eigenvalue weighted by atomic mass is 10.1. The number of carbonyl (C=O) groups excluding carboxylic acids is 1. The van der Waals surface area contributed by atoms with Gasteiger partial charge in [0.25, 0.3) is 0 Å². The van der Waals surface area contributed by atoms with E-state index in [-0.39, 0.29) is 23.0 Å². The molecule has 1 aliphatic heterocycles. The van der Waals surface area contributed by atoms with Crippen molar-refractivity contribution < 1.29 is 27.0 Å². The van der Waals surface area contributed by atoms with Gasteiger partial charge in [-0.05, 0) is 65.7 Å². The Kier molecular flexibility index (Phi) is 5.85. The third-order valence-electron chi connectivity index (χ3n) is 3.74. The number of benzene rings is 2. The Hall–Kier alpha value is -2.65. The molecule has 1 heterocycles. The molecule has 146 valence electrons. The number of nitrogens with zero attached hydrogens (tertiary/aromatic N) is 1. The fourth-order valence-corrected chi connectivity index (χ4v) is 4.07. The second kappa shape index (κ2) is 8.15. The summed E-state index contributed by atoms with van der Waals surface area (Å²) in [4.78, 5) is 16.4. The summed E-state index contributed by atoms with van der Waals surface area (Å²) in [7, 11) is -4.05. The minimum atomic E-state index is -4.05. The van der Waals surface area contributed by atoms with E-state index >= 15 is 0 Å². The van der Waals surface area contributed by atoms with Crippen LogP contribution in [-0.4, -0.2) is 26.7 Å². The van der Waals surface area contributed by atoms with Crippen LogP contribution in [0.5, 0.6) is 11.5 Å². The van der Waals surface area contributed by atoms with E-state index in [0.29, 0.717) is 21.3 Å². The molecule has 0 aromatic heterocycles. The molecule has 0 amide bonds. The summed E-state index contributed by atoms with van der Waals surface area (Å²) in [6, 6.07) is 11.0. The van der Waals surface area contributed by atoms with Gasteiger partial charge in [0.2, 0.25) is 0 Å². The van der Waals surface area contributed by atoms with Crippen molar-refractivity contribution in [1.82, 2.24) is 0 Å². The van der Waals surface area contributed by atoms with Crippen LogP contribution in [0.1, 0.15) is 19.4 Å². The SMILES string of the molecule is CCOc1cc(/C=C2\C(=O)ON=C2C)cc(Br)c1OS(=O)(=O)c1ccccc1. The lowest BCUT2D eigenvalue weighted by Gasteiger charge is -2.14. The summed E-state index contributed by atoms with van der Waals surface area (Å²) >= 11 is 3.33. The number of halogens is 1. The van der Waals surface area contributed by atoms with Gasteiger partial charge in [0.15, 0.2) is 11.5 Å². The lowest BCUT2D eigenvalue weighted by molar-refractivity contribution is -0.136. The number of carbonyl (C=O) groups is 1. The molecule has 2 aromatic rings. The van der Waals surface area contributed by atoms with Crippen molar-refractivity contribution in [2.75, 3.05) is 6.61 Å². The van der Waals surface area contributed by atoms with Gasteiger partial charge in [-0.15, -0.1) is 0 Å². The van der Waals surface area contributed by atoms with E-state index in [2.05, 4.69) is 25.9 Å². The van der Waals surface area contributed by atoms with Crippen LogP contribution in [0, 0.1) is 0 Å². The van der Waals surface area contributed by atoms with Gasteiger partial charge in [-0.3, -0.25) is 0 Å². The molecule has 0 unspecified atom stereocenters. The molecule has 0 saturated heterocycles. The molecule has 0 fully saturated rings. The number of oxime groups is 1. The maximum Gasteiger partial charge on any atom is 0.367 e. The lowest BCUT2D eigenvalue weighted by Crippen LogP contribution is -2.11. The van der Waals surface area contributed by atoms with E-state index in [9.17, 15) is 13.2 Å². The van der Waals surface area contributed by atoms with Gasteiger partial charge in [0.05, 0.1) is 22.4 Å². The van der Waals surface area contributed by atoms with E-state index in [1.54, 1.807) is 50.3 Å². The zero-order valence-corrected chi connectivity index (χ0v) is 17.4. The van der Waals surface area contributed by atoms with Gasteiger partial charge in [-0.2, -0.15) is 8.42 Å². The maximum absolute atomic E-state index is 12.6. The molecule has 0 atom stereocenters. The second-order valence-electron chi connectivity index (χ2n) is 5.73. The molecule has 0 aliphatic carbocycles. The van der Waals surface area contributed by atoms with Crippen molar-refractivity contribution in [3.8, 4) is 11.5 Å². The molecule has 3 rings (SSSR count). The van der Waals surface area contributed by atoms with Crippen LogP contribution in [0.3, 0.4) is 0 Å². The standard InChI is InChI=1S/C19H16BrNO6S/c1-3-25-17-11-13(9-15-12(2)21-26-19(15)22)10-16(20)18(17)27-28(23,24)14-7-5-4-6-8-14/h4-11H,3H2,1-2H3/b15-9-. The molecule has 0 N–H and O–H groups in total. The quantitative estimate of drug-likeness (QED) is 0.364. The number of ether oxygens (including phenoxy) is 1. The molecule has 2 aromatic carbocycles. The van der Waals surface area contributed by atoms with Crippen LogP contribution in [-0.2, 0) is 19.8 Å². The Labute approximate surface area is 170 Å². The zero-order valence-electron chi connectivity index (χ0n) is 15.0. The van der Waals surface area contributed by atoms with Crippen LogP contribution in [0.25, 0.3) is 6.08 Å². The minimum absolute atomic E-state index is 0.0206. The van der Waals surface area contributed by atoms with Crippen molar-refractivity contribution in [2.24, 2.45) is 5.16 Å². The van der Waals surface area contributed by atoms with E-state index < -0.39 is 16.1 Å². The Balaban J connectivity index is 2.02. The molecular weight excluding hydrogens is 450 g/mol. The third-order valence-corrected chi connectivity index (χ3v) is 5.57. The van der Waals surface area contributed by atoms with Gasteiger partial charge >= 0.3 is 16.1 Å². The normalized spacial score (nSPS) is 15.3. The maximum atomic E-state index is 12.6. The average molecular weight is 466 g/mol. The summed E-state index contributed by atoms with van der Waals surface area (Å²) in [5.74, 6) is -0.324. The fourth-order valence-electron chi connectivity index (χ4n) is 2.45. The first kappa shape index (κ1) is 20.1. The predicted octanol–water partition coefficient (Wildman–Crippen LogP) is 3.93. The molecule has 0 radical (unpaired) electrons. The molecule has 0 bridgehead atoms. The molecular formula is C19H16BrNO6S. The highest BCUT2D eigenvalue weighted by Gasteiger charge is 2.24. The van der Waals surface area contributed by atoms with Gasteiger partial charge in [-0.25, -0.2) is 4.79 Å². The molecule has 7 nitrogen and oxygen atoms in total. The van der Waals surface area contributed by atoms with Crippen molar-refractivity contribution in [3.63, 3.8) is 0 Å². The second-order valence-corrected chi connectivity index (χ2v) is 8.13. The largest absolute Gasteiger partial charge is 0.490 e. The summed E-state index contributed by atoms with van der Waals surface area (Å²) in [5.41, 5.74) is 1.34. The highest BCUT2D eigenvalue weighted by molar-refractivity contribution is 9.10. The molecule has 28 heavy (non-hydrogen) atoms. The average Bonchev–Trinajstić information content (AvgIpc) is 2.97. The van der Waals surface area contributed by atoms with E-state index in [1.165, 1.54) is 12.1 Å². The van der Waals surface area contributed by atoms with Crippen LogP contribution >= 0.6 is 15.9 Å². The predicted molar refractivity (Wildman–Crippen MR) is 107 cm³/mol. The summed E-state index contributed by atoms with van der Waals surface area (Å²) in [6.07, 6.45) is 1.58. The van der Waals surface area contributed by atoms with Crippen LogP contribution in [0.2, 0.25) is 0 Å².